The van der Waals surface area contributed by atoms with Gasteiger partial charge in [-0.3, -0.25) is 4.79 Å². The highest BCUT2D eigenvalue weighted by atomic mass is 127. The highest BCUT2D eigenvalue weighted by Crippen LogP contribution is 2.15. The number of nitrogens with one attached hydrogen (secondary N) is 1. The van der Waals surface area contributed by atoms with Gasteiger partial charge in [0.1, 0.15) is 18.4 Å². The summed E-state index contributed by atoms with van der Waals surface area (Å²) in [5.41, 5.74) is 1.93. The zero-order valence-electron chi connectivity index (χ0n) is 12.9. The number of hydrogen-bond donors (Lipinski definition) is 1. The van der Waals surface area contributed by atoms with Gasteiger partial charge in [0, 0.05) is 6.08 Å². The molecule has 0 bridgehead atoms. The van der Waals surface area contributed by atoms with Crippen LogP contribution >= 0.6 is 22.6 Å². The summed E-state index contributed by atoms with van der Waals surface area (Å²) in [7, 11) is 0. The number of carbonyl (C=O) groups is 1. The molecule has 0 radical (unpaired) electrons. The average molecular weight is 434 g/mol. The first-order valence-corrected chi connectivity index (χ1v) is 8.38. The van der Waals surface area contributed by atoms with Crippen molar-refractivity contribution < 1.29 is 9.21 Å². The van der Waals surface area contributed by atoms with E-state index in [1.165, 1.54) is 12.4 Å². The molecule has 0 aliphatic carbocycles. The molecule has 1 unspecified atom stereocenters. The number of halogens is 1. The first kappa shape index (κ1) is 16.4. The van der Waals surface area contributed by atoms with Crippen LogP contribution in [-0.2, 0) is 4.79 Å². The molecule has 1 amide bonds. The lowest BCUT2D eigenvalue weighted by atomic mass is 10.1. The van der Waals surface area contributed by atoms with Crippen LogP contribution in [0, 0.1) is 3.77 Å². The lowest BCUT2D eigenvalue weighted by Gasteiger charge is -2.13. The molecular formula is C17H15IN4O2. The van der Waals surface area contributed by atoms with E-state index in [0.29, 0.717) is 5.76 Å². The van der Waals surface area contributed by atoms with Gasteiger partial charge in [0.25, 0.3) is 0 Å². The van der Waals surface area contributed by atoms with E-state index in [0.717, 1.165) is 15.0 Å². The van der Waals surface area contributed by atoms with E-state index in [2.05, 4.69) is 38.0 Å². The Morgan fingerprint density at radius 1 is 1.29 bits per heavy atom. The largest absolute Gasteiger partial charge is 0.451 e. The van der Waals surface area contributed by atoms with Gasteiger partial charge in [-0.15, -0.1) is 0 Å². The van der Waals surface area contributed by atoms with Crippen molar-refractivity contribution in [2.45, 2.75) is 13.0 Å². The van der Waals surface area contributed by atoms with Gasteiger partial charge in [-0.25, -0.2) is 9.67 Å². The number of furan rings is 1. The Labute approximate surface area is 152 Å². The summed E-state index contributed by atoms with van der Waals surface area (Å²) >= 11 is 2.08. The number of aromatic nitrogens is 3. The van der Waals surface area contributed by atoms with Crippen molar-refractivity contribution in [2.24, 2.45) is 0 Å². The van der Waals surface area contributed by atoms with Crippen LogP contribution in [0.15, 0.2) is 59.5 Å². The van der Waals surface area contributed by atoms with Crippen LogP contribution in [0.1, 0.15) is 24.3 Å². The topological polar surface area (TPSA) is 73.0 Å². The second kappa shape index (κ2) is 7.43. The lowest BCUT2D eigenvalue weighted by molar-refractivity contribution is -0.117. The molecule has 0 aliphatic heterocycles. The van der Waals surface area contributed by atoms with Gasteiger partial charge < -0.3 is 9.73 Å². The summed E-state index contributed by atoms with van der Waals surface area (Å²) < 4.78 is 7.85. The number of hydrogen-bond acceptors (Lipinski definition) is 4. The fourth-order valence-corrected chi connectivity index (χ4v) is 2.61. The number of carbonyl (C=O) groups excluding carboxylic acids is 1. The Balaban J connectivity index is 1.60. The average Bonchev–Trinajstić information content (AvgIpc) is 3.25. The standard InChI is InChI=1S/C17H15IN4O2/c1-12(21-17(23)9-7-15-6-8-16(18)24-15)13-2-4-14(5-3-13)22-11-19-10-20-22/h2-12H,1H3,(H,21,23)/b9-7+. The minimum absolute atomic E-state index is 0.108. The van der Waals surface area contributed by atoms with Gasteiger partial charge in [-0.2, -0.15) is 5.10 Å². The minimum atomic E-state index is -0.172. The summed E-state index contributed by atoms with van der Waals surface area (Å²) in [6.07, 6.45) is 6.25. The number of benzene rings is 1. The van der Waals surface area contributed by atoms with Gasteiger partial charge in [-0.1, -0.05) is 12.1 Å². The molecule has 1 atom stereocenters. The van der Waals surface area contributed by atoms with Crippen molar-refractivity contribution in [1.29, 1.82) is 0 Å². The zero-order chi connectivity index (χ0) is 16.9. The molecule has 1 N–H and O–H groups in total. The number of nitrogens with zero attached hydrogens (tertiary/aromatic N) is 3. The maximum absolute atomic E-state index is 12.0. The third-order valence-corrected chi connectivity index (χ3v) is 4.01. The van der Waals surface area contributed by atoms with Gasteiger partial charge in [0.15, 0.2) is 3.77 Å². The van der Waals surface area contributed by atoms with E-state index in [4.69, 9.17) is 4.42 Å². The second-order valence-corrected chi connectivity index (χ2v) is 6.20. The van der Waals surface area contributed by atoms with Crippen LogP contribution in [0.2, 0.25) is 0 Å². The van der Waals surface area contributed by atoms with E-state index in [-0.39, 0.29) is 11.9 Å². The van der Waals surface area contributed by atoms with Gasteiger partial charge in [-0.05, 0) is 65.4 Å². The van der Waals surface area contributed by atoms with E-state index < -0.39 is 0 Å². The normalized spacial score (nSPS) is 12.4. The van der Waals surface area contributed by atoms with Crippen molar-refractivity contribution in [3.63, 3.8) is 0 Å². The molecule has 0 saturated heterocycles. The Kier molecular flexibility index (Phi) is 5.09. The summed E-state index contributed by atoms with van der Waals surface area (Å²) in [5.74, 6) is 0.480. The minimum Gasteiger partial charge on any atom is -0.451 e. The fourth-order valence-electron chi connectivity index (χ4n) is 2.18. The van der Waals surface area contributed by atoms with Gasteiger partial charge in [0.05, 0.1) is 11.7 Å². The van der Waals surface area contributed by atoms with Crippen molar-refractivity contribution in [2.75, 3.05) is 0 Å². The van der Waals surface area contributed by atoms with E-state index in [9.17, 15) is 4.79 Å². The maximum atomic E-state index is 12.0. The lowest BCUT2D eigenvalue weighted by Crippen LogP contribution is -2.24. The van der Waals surface area contributed by atoms with Crippen LogP contribution in [0.4, 0.5) is 0 Å². The van der Waals surface area contributed by atoms with Crippen LogP contribution in [0.25, 0.3) is 11.8 Å². The quantitative estimate of drug-likeness (QED) is 0.494. The monoisotopic (exact) mass is 434 g/mol. The fraction of sp³-hybridized carbons (Fsp3) is 0.118. The summed E-state index contributed by atoms with van der Waals surface area (Å²) in [5, 5.41) is 7.00. The molecule has 1 aromatic carbocycles. The van der Waals surface area contributed by atoms with Gasteiger partial charge in [0.2, 0.25) is 5.91 Å². The molecular weight excluding hydrogens is 419 g/mol. The first-order valence-electron chi connectivity index (χ1n) is 7.31. The van der Waals surface area contributed by atoms with Crippen molar-refractivity contribution in [3.8, 4) is 5.69 Å². The maximum Gasteiger partial charge on any atom is 0.244 e. The zero-order valence-corrected chi connectivity index (χ0v) is 15.0. The molecule has 0 saturated carbocycles. The highest BCUT2D eigenvalue weighted by molar-refractivity contribution is 14.1. The van der Waals surface area contributed by atoms with Crippen molar-refractivity contribution in [3.05, 3.63) is 70.2 Å². The summed E-state index contributed by atoms with van der Waals surface area (Å²) in [6, 6.07) is 11.3. The van der Waals surface area contributed by atoms with E-state index in [1.807, 2.05) is 43.3 Å². The molecule has 0 fully saturated rings. The Hall–Kier alpha value is -2.42. The number of amides is 1. The summed E-state index contributed by atoms with van der Waals surface area (Å²) in [4.78, 5) is 15.9. The van der Waals surface area contributed by atoms with Gasteiger partial charge >= 0.3 is 0 Å². The molecule has 122 valence electrons. The Morgan fingerprint density at radius 3 is 2.71 bits per heavy atom. The molecule has 24 heavy (non-hydrogen) atoms. The third-order valence-electron chi connectivity index (χ3n) is 3.43. The molecule has 0 aliphatic rings. The predicted molar refractivity (Wildman–Crippen MR) is 98.4 cm³/mol. The third kappa shape index (κ3) is 4.10. The predicted octanol–water partition coefficient (Wildman–Crippen LogP) is 3.36. The molecule has 2 heterocycles. The Morgan fingerprint density at radius 2 is 2.08 bits per heavy atom. The van der Waals surface area contributed by atoms with Crippen LogP contribution in [0.5, 0.6) is 0 Å². The molecule has 7 heteroatoms. The van der Waals surface area contributed by atoms with Crippen molar-refractivity contribution >= 4 is 34.6 Å². The first-order chi connectivity index (χ1) is 11.6. The van der Waals surface area contributed by atoms with Crippen LogP contribution in [-0.4, -0.2) is 20.7 Å². The van der Waals surface area contributed by atoms with Crippen LogP contribution in [0.3, 0.4) is 0 Å². The molecule has 0 spiro atoms. The highest BCUT2D eigenvalue weighted by Gasteiger charge is 2.08. The molecule has 3 rings (SSSR count). The van der Waals surface area contributed by atoms with Crippen LogP contribution < -0.4 is 5.32 Å². The molecule has 6 nitrogen and oxygen atoms in total. The van der Waals surface area contributed by atoms with E-state index in [1.54, 1.807) is 17.1 Å². The second-order valence-electron chi connectivity index (χ2n) is 5.14. The summed E-state index contributed by atoms with van der Waals surface area (Å²) in [6.45, 7) is 1.94. The van der Waals surface area contributed by atoms with E-state index >= 15 is 0 Å². The Bertz CT molecular complexity index is 838. The SMILES string of the molecule is CC(NC(=O)/C=C/c1ccc(I)o1)c1ccc(-n2cncn2)cc1. The number of rotatable bonds is 5. The van der Waals surface area contributed by atoms with Crippen molar-refractivity contribution in [1.82, 2.24) is 20.1 Å². The molecule has 2 aromatic heterocycles. The molecule has 3 aromatic rings. The smallest absolute Gasteiger partial charge is 0.244 e.